The predicted octanol–water partition coefficient (Wildman–Crippen LogP) is 5.68. The molecule has 4 aliphatic carbocycles. The molecule has 0 aromatic heterocycles. The van der Waals surface area contributed by atoms with Gasteiger partial charge in [-0.1, -0.05) is 24.6 Å². The van der Waals surface area contributed by atoms with Gasteiger partial charge in [-0.05, 0) is 85.3 Å². The molecule has 5 rings (SSSR count). The minimum Gasteiger partial charge on any atom is -0.382 e. The van der Waals surface area contributed by atoms with Gasteiger partial charge in [-0.15, -0.1) is 0 Å². The van der Waals surface area contributed by atoms with E-state index in [1.54, 1.807) is 5.57 Å². The zero-order valence-electron chi connectivity index (χ0n) is 20.9. The van der Waals surface area contributed by atoms with Crippen molar-refractivity contribution in [3.8, 4) is 0 Å². The van der Waals surface area contributed by atoms with E-state index in [0.717, 1.165) is 32.1 Å². The van der Waals surface area contributed by atoms with Crippen LogP contribution in [0.1, 0.15) is 63.4 Å². The lowest BCUT2D eigenvalue weighted by Crippen LogP contribution is -2.54. The fourth-order valence-electron chi connectivity index (χ4n) is 7.91. The molecule has 0 aliphatic heterocycles. The monoisotopic (exact) mass is 449 g/mol. The number of anilines is 1. The molecular weight excluding hydrogens is 410 g/mol. The van der Waals surface area contributed by atoms with Gasteiger partial charge >= 0.3 is 0 Å². The number of methoxy groups -OCH3 is 2. The Morgan fingerprint density at radius 3 is 2.48 bits per heavy atom. The Kier molecular flexibility index (Phi) is 5.81. The van der Waals surface area contributed by atoms with Crippen LogP contribution in [0.15, 0.2) is 47.1 Å². The van der Waals surface area contributed by atoms with Crippen LogP contribution in [0.2, 0.25) is 0 Å². The lowest BCUT2D eigenvalue weighted by molar-refractivity contribution is -0.149. The maximum atomic E-state index is 12.2. The number of hydrogen-bond donors (Lipinski definition) is 0. The van der Waals surface area contributed by atoms with Gasteiger partial charge in [0, 0.05) is 51.8 Å². The van der Waals surface area contributed by atoms with Crippen molar-refractivity contribution in [1.82, 2.24) is 0 Å². The van der Waals surface area contributed by atoms with E-state index in [4.69, 9.17) is 9.47 Å². The van der Waals surface area contributed by atoms with Gasteiger partial charge in [0.05, 0.1) is 12.2 Å². The first-order valence-electron chi connectivity index (χ1n) is 12.6. The minimum atomic E-state index is -0.233. The molecule has 0 heterocycles. The zero-order valence-corrected chi connectivity index (χ0v) is 20.9. The molecule has 0 spiro atoms. The summed E-state index contributed by atoms with van der Waals surface area (Å²) in [6.07, 6.45) is 9.06. The second-order valence-corrected chi connectivity index (χ2v) is 11.2. The van der Waals surface area contributed by atoms with E-state index in [-0.39, 0.29) is 11.0 Å². The SMILES string of the molecule is COC[C@]1(OC)CC[C@H]2[C@@H]3CCC4=CC(=O)CCC4=C3C(c3ccc(N(C)C)cc3)C[C@@]21C. The molecule has 0 N–H and O–H groups in total. The summed E-state index contributed by atoms with van der Waals surface area (Å²) in [5, 5.41) is 0. The highest BCUT2D eigenvalue weighted by Gasteiger charge is 2.63. The number of carbonyl (C=O) groups is 1. The summed E-state index contributed by atoms with van der Waals surface area (Å²) in [5.41, 5.74) is 6.93. The number of carbonyl (C=O) groups excluding carboxylic acids is 1. The smallest absolute Gasteiger partial charge is 0.156 e. The van der Waals surface area contributed by atoms with E-state index < -0.39 is 0 Å². The van der Waals surface area contributed by atoms with E-state index >= 15 is 0 Å². The molecule has 1 aromatic carbocycles. The van der Waals surface area contributed by atoms with Crippen molar-refractivity contribution in [3.05, 3.63) is 52.6 Å². The Hall–Kier alpha value is -1.91. The third kappa shape index (κ3) is 3.44. The van der Waals surface area contributed by atoms with E-state index in [9.17, 15) is 4.79 Å². The summed E-state index contributed by atoms with van der Waals surface area (Å²) in [5.74, 6) is 1.84. The molecule has 5 atom stereocenters. The first-order chi connectivity index (χ1) is 15.8. The summed E-state index contributed by atoms with van der Waals surface area (Å²) < 4.78 is 12.1. The molecule has 2 fully saturated rings. The number of rotatable bonds is 5. The summed E-state index contributed by atoms with van der Waals surface area (Å²) in [4.78, 5) is 14.4. The van der Waals surface area contributed by atoms with Crippen molar-refractivity contribution in [1.29, 1.82) is 0 Å². The molecule has 178 valence electrons. The van der Waals surface area contributed by atoms with Crippen LogP contribution in [-0.4, -0.2) is 46.3 Å². The van der Waals surface area contributed by atoms with Gasteiger partial charge in [-0.2, -0.15) is 0 Å². The highest BCUT2D eigenvalue weighted by molar-refractivity contribution is 5.93. The summed E-state index contributed by atoms with van der Waals surface area (Å²) >= 11 is 0. The molecule has 0 radical (unpaired) electrons. The van der Waals surface area contributed by atoms with Gasteiger partial charge in [0.25, 0.3) is 0 Å². The second kappa shape index (κ2) is 8.39. The molecular formula is C29H39NO3. The molecule has 4 nitrogen and oxygen atoms in total. The molecule has 1 aromatic rings. The third-order valence-electron chi connectivity index (χ3n) is 9.60. The molecule has 0 saturated heterocycles. The van der Waals surface area contributed by atoms with Crippen LogP contribution in [0.4, 0.5) is 5.69 Å². The number of ketones is 1. The van der Waals surface area contributed by atoms with Crippen LogP contribution in [0.5, 0.6) is 0 Å². The Morgan fingerprint density at radius 1 is 1.06 bits per heavy atom. The number of hydrogen-bond acceptors (Lipinski definition) is 4. The van der Waals surface area contributed by atoms with Crippen molar-refractivity contribution in [2.24, 2.45) is 17.3 Å². The van der Waals surface area contributed by atoms with Gasteiger partial charge < -0.3 is 14.4 Å². The molecule has 4 aliphatic rings. The Balaban J connectivity index is 1.66. The maximum absolute atomic E-state index is 12.2. The van der Waals surface area contributed by atoms with Crippen LogP contribution in [0.3, 0.4) is 0 Å². The molecule has 0 amide bonds. The van der Waals surface area contributed by atoms with Gasteiger partial charge in [-0.25, -0.2) is 0 Å². The first kappa shape index (κ1) is 22.9. The topological polar surface area (TPSA) is 38.8 Å². The lowest BCUT2D eigenvalue weighted by Gasteiger charge is -2.55. The first-order valence-corrected chi connectivity index (χ1v) is 12.6. The number of nitrogens with zero attached hydrogens (tertiary/aromatic N) is 1. The van der Waals surface area contributed by atoms with Gasteiger partial charge in [-0.3, -0.25) is 4.79 Å². The third-order valence-corrected chi connectivity index (χ3v) is 9.60. The van der Waals surface area contributed by atoms with E-state index in [1.165, 1.54) is 28.8 Å². The standard InChI is InChI=1S/C29H39NO3/c1-28-17-25(19-6-9-21(10-7-19)30(2)3)27-23-13-11-22(31)16-20(23)8-12-24(27)26(28)14-15-29(28,33-5)18-32-4/h6-7,9-10,16,24-26H,8,11-15,17-18H2,1-5H3/t24-,25?,26-,28-,29+/m0/s1. The predicted molar refractivity (Wildman–Crippen MR) is 133 cm³/mol. The van der Waals surface area contributed by atoms with Crippen molar-refractivity contribution < 1.29 is 14.3 Å². The summed E-state index contributed by atoms with van der Waals surface area (Å²) in [7, 11) is 7.88. The quantitative estimate of drug-likeness (QED) is 0.579. The van der Waals surface area contributed by atoms with E-state index in [0.29, 0.717) is 36.6 Å². The maximum Gasteiger partial charge on any atom is 0.156 e. The van der Waals surface area contributed by atoms with Crippen LogP contribution in [0, 0.1) is 17.3 Å². The molecule has 4 heteroatoms. The normalized spacial score (nSPS) is 35.6. The van der Waals surface area contributed by atoms with Crippen molar-refractivity contribution in [2.75, 3.05) is 39.8 Å². The van der Waals surface area contributed by atoms with Crippen molar-refractivity contribution in [2.45, 2.75) is 63.4 Å². The average Bonchev–Trinajstić information content (AvgIpc) is 3.10. The van der Waals surface area contributed by atoms with Gasteiger partial charge in [0.15, 0.2) is 5.78 Å². The van der Waals surface area contributed by atoms with Crippen LogP contribution < -0.4 is 4.90 Å². The van der Waals surface area contributed by atoms with Crippen LogP contribution in [0.25, 0.3) is 0 Å². The largest absolute Gasteiger partial charge is 0.382 e. The second-order valence-electron chi connectivity index (χ2n) is 11.2. The zero-order chi connectivity index (χ0) is 23.4. The lowest BCUT2D eigenvalue weighted by atomic mass is 9.51. The number of benzene rings is 1. The minimum absolute atomic E-state index is 0.0586. The van der Waals surface area contributed by atoms with Gasteiger partial charge in [0.1, 0.15) is 0 Å². The van der Waals surface area contributed by atoms with Crippen molar-refractivity contribution in [3.63, 3.8) is 0 Å². The Labute approximate surface area is 199 Å². The number of ether oxygens (including phenoxy) is 2. The van der Waals surface area contributed by atoms with E-state index in [1.807, 2.05) is 20.3 Å². The van der Waals surface area contributed by atoms with Crippen molar-refractivity contribution >= 4 is 11.5 Å². The molecule has 1 unspecified atom stereocenters. The van der Waals surface area contributed by atoms with E-state index in [2.05, 4.69) is 50.2 Å². The molecule has 2 saturated carbocycles. The summed E-state index contributed by atoms with van der Waals surface area (Å²) in [6.45, 7) is 3.13. The molecule has 0 bridgehead atoms. The summed E-state index contributed by atoms with van der Waals surface area (Å²) in [6, 6.07) is 9.17. The van der Waals surface area contributed by atoms with Crippen LogP contribution in [-0.2, 0) is 14.3 Å². The highest BCUT2D eigenvalue weighted by Crippen LogP contribution is 2.67. The Bertz CT molecular complexity index is 991. The number of allylic oxidation sites excluding steroid dienone is 4. The Morgan fingerprint density at radius 2 is 1.82 bits per heavy atom. The average molecular weight is 450 g/mol. The highest BCUT2D eigenvalue weighted by atomic mass is 16.5. The number of fused-ring (bicyclic) bond motifs is 4. The van der Waals surface area contributed by atoms with Crippen LogP contribution >= 0.6 is 0 Å². The molecule has 33 heavy (non-hydrogen) atoms. The fraction of sp³-hybridized carbons (Fsp3) is 0.621. The fourth-order valence-corrected chi connectivity index (χ4v) is 7.91. The van der Waals surface area contributed by atoms with Gasteiger partial charge in [0.2, 0.25) is 0 Å².